The topological polar surface area (TPSA) is 105 Å². The van der Waals surface area contributed by atoms with E-state index in [4.69, 9.17) is 0 Å². The Morgan fingerprint density at radius 1 is 1.05 bits per heavy atom. The van der Waals surface area contributed by atoms with Crippen LogP contribution in [0.5, 0.6) is 0 Å². The summed E-state index contributed by atoms with van der Waals surface area (Å²) < 4.78 is 1.69. The van der Waals surface area contributed by atoms with Crippen molar-refractivity contribution in [2.75, 3.05) is 23.7 Å². The van der Waals surface area contributed by atoms with Crippen LogP contribution in [0.2, 0.25) is 0 Å². The first-order valence-corrected chi connectivity index (χ1v) is 14.3. The summed E-state index contributed by atoms with van der Waals surface area (Å²) in [4.78, 5) is 32.3. The van der Waals surface area contributed by atoms with Gasteiger partial charge in [0.15, 0.2) is 5.13 Å². The number of benzene rings is 2. The molecule has 10 heteroatoms. The lowest BCUT2D eigenvalue weighted by molar-refractivity contribution is -0.114. The van der Waals surface area contributed by atoms with E-state index < -0.39 is 0 Å². The van der Waals surface area contributed by atoms with Gasteiger partial charge in [0, 0.05) is 30.9 Å². The molecule has 1 aliphatic heterocycles. The maximum Gasteiger partial charge on any atom is 0.255 e. The number of carbonyl (C=O) groups is 2. The fourth-order valence-electron chi connectivity index (χ4n) is 4.78. The second-order valence-electron chi connectivity index (χ2n) is 11.4. The molecular weight excluding hydrogens is 522 g/mol. The summed E-state index contributed by atoms with van der Waals surface area (Å²) >= 11 is 1.33. The van der Waals surface area contributed by atoms with Crippen LogP contribution < -0.4 is 10.6 Å². The first-order chi connectivity index (χ1) is 19.0. The van der Waals surface area contributed by atoms with Gasteiger partial charge in [-0.2, -0.15) is 0 Å². The molecule has 0 spiro atoms. The van der Waals surface area contributed by atoms with Crippen molar-refractivity contribution in [2.45, 2.75) is 59.4 Å². The van der Waals surface area contributed by atoms with Gasteiger partial charge < -0.3 is 10.6 Å². The first-order valence-electron chi connectivity index (χ1n) is 13.5. The Bertz CT molecular complexity index is 1540. The average molecular weight is 558 g/mol. The van der Waals surface area contributed by atoms with Crippen LogP contribution in [-0.2, 0) is 16.8 Å². The fourth-order valence-corrected chi connectivity index (χ4v) is 5.59. The molecule has 0 unspecified atom stereocenters. The molecule has 0 aliphatic carbocycles. The van der Waals surface area contributed by atoms with Gasteiger partial charge in [-0.25, -0.2) is 9.67 Å². The highest BCUT2D eigenvalue weighted by Crippen LogP contribution is 2.29. The van der Waals surface area contributed by atoms with Gasteiger partial charge in [0.2, 0.25) is 5.91 Å². The lowest BCUT2D eigenvalue weighted by Gasteiger charge is -2.23. The molecule has 9 nitrogen and oxygen atoms in total. The van der Waals surface area contributed by atoms with Crippen LogP contribution in [0.3, 0.4) is 0 Å². The number of anilines is 2. The summed E-state index contributed by atoms with van der Waals surface area (Å²) in [5.41, 5.74) is 6.03. The van der Waals surface area contributed by atoms with E-state index >= 15 is 0 Å². The van der Waals surface area contributed by atoms with Crippen LogP contribution >= 0.6 is 11.3 Å². The monoisotopic (exact) mass is 557 g/mol. The maximum absolute atomic E-state index is 13.5. The molecule has 2 aromatic carbocycles. The molecule has 0 atom stereocenters. The fraction of sp³-hybridized carbons (Fsp3) is 0.367. The normalized spacial score (nSPS) is 13.9. The molecule has 2 N–H and O–H groups in total. The number of aromatic nitrogens is 4. The predicted octanol–water partition coefficient (Wildman–Crippen LogP) is 5.80. The Kier molecular flexibility index (Phi) is 7.82. The Morgan fingerprint density at radius 2 is 1.82 bits per heavy atom. The second-order valence-corrected chi connectivity index (χ2v) is 12.4. The molecule has 0 saturated carbocycles. The van der Waals surface area contributed by atoms with Crippen molar-refractivity contribution in [1.82, 2.24) is 24.9 Å². The van der Waals surface area contributed by atoms with Crippen molar-refractivity contribution < 1.29 is 9.59 Å². The van der Waals surface area contributed by atoms with E-state index in [0.29, 0.717) is 22.1 Å². The number of aryl methyl sites for hydroxylation is 1. The first kappa shape index (κ1) is 27.7. The number of amides is 2. The molecule has 5 rings (SSSR count). The van der Waals surface area contributed by atoms with Crippen LogP contribution in [0, 0.1) is 6.92 Å². The van der Waals surface area contributed by atoms with E-state index in [1.807, 2.05) is 43.5 Å². The van der Waals surface area contributed by atoms with Crippen LogP contribution in [0.4, 0.5) is 10.8 Å². The van der Waals surface area contributed by atoms with Crippen molar-refractivity contribution in [1.29, 1.82) is 0 Å². The maximum atomic E-state index is 13.5. The Morgan fingerprint density at radius 3 is 2.55 bits per heavy atom. The van der Waals surface area contributed by atoms with E-state index in [0.717, 1.165) is 41.3 Å². The molecule has 1 fully saturated rings. The highest BCUT2D eigenvalue weighted by molar-refractivity contribution is 7.19. The molecule has 208 valence electrons. The SMILES string of the molecule is CC(=O)Nc1ncc(-c2cn(-c3cc(NC(=O)c4cc(CN5CCCC5)cc(C(C)(C)C)c4)ccc3C)nn2)s1. The largest absolute Gasteiger partial charge is 0.322 e. The van der Waals surface area contributed by atoms with Gasteiger partial charge in [-0.3, -0.25) is 14.5 Å². The smallest absolute Gasteiger partial charge is 0.255 e. The van der Waals surface area contributed by atoms with Gasteiger partial charge in [0.1, 0.15) is 5.69 Å². The minimum atomic E-state index is -0.174. The molecule has 40 heavy (non-hydrogen) atoms. The molecule has 2 amide bonds. The van der Waals surface area contributed by atoms with E-state index in [-0.39, 0.29) is 17.2 Å². The summed E-state index contributed by atoms with van der Waals surface area (Å²) in [6, 6.07) is 12.0. The van der Waals surface area contributed by atoms with Crippen molar-refractivity contribution in [3.8, 4) is 16.3 Å². The van der Waals surface area contributed by atoms with Crippen molar-refractivity contribution in [3.63, 3.8) is 0 Å². The summed E-state index contributed by atoms with van der Waals surface area (Å²) in [6.45, 7) is 13.0. The van der Waals surface area contributed by atoms with Crippen molar-refractivity contribution in [2.24, 2.45) is 0 Å². The summed E-state index contributed by atoms with van der Waals surface area (Å²) in [7, 11) is 0. The molecule has 0 bridgehead atoms. The van der Waals surface area contributed by atoms with Gasteiger partial charge in [-0.15, -0.1) is 5.10 Å². The number of rotatable bonds is 7. The van der Waals surface area contributed by atoms with Crippen molar-refractivity contribution in [3.05, 3.63) is 71.0 Å². The van der Waals surface area contributed by atoms with E-state index in [1.165, 1.54) is 36.7 Å². The molecule has 1 saturated heterocycles. The lowest BCUT2D eigenvalue weighted by atomic mass is 9.85. The predicted molar refractivity (Wildman–Crippen MR) is 159 cm³/mol. The molecule has 4 aromatic rings. The summed E-state index contributed by atoms with van der Waals surface area (Å²) in [5, 5.41) is 14.9. The number of likely N-dealkylation sites (tertiary alicyclic amines) is 1. The van der Waals surface area contributed by atoms with Crippen LogP contribution in [0.25, 0.3) is 16.3 Å². The number of thiazole rings is 1. The van der Waals surface area contributed by atoms with E-state index in [1.54, 1.807) is 10.9 Å². The minimum absolute atomic E-state index is 0.0706. The van der Waals surface area contributed by atoms with Gasteiger partial charge in [0.05, 0.1) is 16.8 Å². The third-order valence-electron chi connectivity index (χ3n) is 6.97. The number of nitrogens with zero attached hydrogens (tertiary/aromatic N) is 5. The van der Waals surface area contributed by atoms with Gasteiger partial charge >= 0.3 is 0 Å². The van der Waals surface area contributed by atoms with Crippen LogP contribution in [0.1, 0.15) is 67.6 Å². The highest BCUT2D eigenvalue weighted by Gasteiger charge is 2.20. The zero-order chi connectivity index (χ0) is 28.4. The molecule has 1 aliphatic rings. The lowest BCUT2D eigenvalue weighted by Crippen LogP contribution is -2.21. The molecule has 0 radical (unpaired) electrons. The third-order valence-corrected chi connectivity index (χ3v) is 7.91. The number of hydrogen-bond donors (Lipinski definition) is 2. The molecule has 2 aromatic heterocycles. The number of nitrogens with one attached hydrogen (secondary N) is 2. The average Bonchev–Trinajstić information content (AvgIpc) is 3.66. The van der Waals surface area contributed by atoms with Gasteiger partial charge in [-0.05, 0) is 79.2 Å². The minimum Gasteiger partial charge on any atom is -0.322 e. The molecule has 3 heterocycles. The van der Waals surface area contributed by atoms with Crippen LogP contribution in [0.15, 0.2) is 48.8 Å². The quantitative estimate of drug-likeness (QED) is 0.297. The van der Waals surface area contributed by atoms with Gasteiger partial charge in [0.25, 0.3) is 5.91 Å². The third kappa shape index (κ3) is 6.46. The van der Waals surface area contributed by atoms with E-state index in [2.05, 4.69) is 57.7 Å². The highest BCUT2D eigenvalue weighted by atomic mass is 32.1. The Hall–Kier alpha value is -3.89. The second kappa shape index (κ2) is 11.3. The van der Waals surface area contributed by atoms with E-state index in [9.17, 15) is 9.59 Å². The summed E-state index contributed by atoms with van der Waals surface area (Å²) in [6.07, 6.45) is 5.95. The van der Waals surface area contributed by atoms with Crippen LogP contribution in [-0.4, -0.2) is 49.8 Å². The van der Waals surface area contributed by atoms with Gasteiger partial charge in [-0.1, -0.05) is 49.5 Å². The standard InChI is InChI=1S/C30H35N7O2S/c1-19-8-9-24(15-26(19)37-18-25(34-35-37)27-16-31-29(40-27)32-20(2)38)33-28(39)22-12-21(17-36-10-6-7-11-36)13-23(14-22)30(3,4)5/h8-9,12-16,18H,6-7,10-11,17H2,1-5H3,(H,33,39)(H,31,32,38). The Balaban J connectivity index is 1.37. The summed E-state index contributed by atoms with van der Waals surface area (Å²) in [5.74, 6) is -0.315. The number of hydrogen-bond acceptors (Lipinski definition) is 7. The number of carbonyl (C=O) groups excluding carboxylic acids is 2. The zero-order valence-corrected chi connectivity index (χ0v) is 24.4. The molecular formula is C30H35N7O2S. The zero-order valence-electron chi connectivity index (χ0n) is 23.6. The van der Waals surface area contributed by atoms with Crippen molar-refractivity contribution >= 4 is 34.0 Å². The Labute approximate surface area is 238 Å².